The topological polar surface area (TPSA) is 93.6 Å². The molecule has 0 atom stereocenters. The number of halogens is 1. The summed E-state index contributed by atoms with van der Waals surface area (Å²) in [6, 6.07) is 23.0. The minimum absolute atomic E-state index is 0.115. The largest absolute Gasteiger partial charge is 0.493 e. The van der Waals surface area contributed by atoms with E-state index in [1.165, 1.54) is 17.4 Å². The molecule has 0 saturated carbocycles. The van der Waals surface area contributed by atoms with Crippen LogP contribution in [0.2, 0.25) is 0 Å². The van der Waals surface area contributed by atoms with Gasteiger partial charge in [-0.3, -0.25) is 9.59 Å². The molecule has 0 spiro atoms. The first kappa shape index (κ1) is 29.0. The highest BCUT2D eigenvalue weighted by atomic mass is 79.9. The molecule has 4 aromatic rings. The summed E-state index contributed by atoms with van der Waals surface area (Å²) in [6.45, 7) is 0.669. The van der Waals surface area contributed by atoms with Crippen LogP contribution in [-0.4, -0.2) is 54.2 Å². The summed E-state index contributed by atoms with van der Waals surface area (Å²) in [4.78, 5) is 27.6. The molecule has 40 heavy (non-hydrogen) atoms. The lowest BCUT2D eigenvalue weighted by molar-refractivity contribution is -0.126. The van der Waals surface area contributed by atoms with Crippen LogP contribution in [0.4, 0.5) is 5.13 Å². The fourth-order valence-corrected chi connectivity index (χ4v) is 4.90. The van der Waals surface area contributed by atoms with Crippen molar-refractivity contribution in [2.45, 2.75) is 12.8 Å². The second-order valence-electron chi connectivity index (χ2n) is 8.73. The number of methoxy groups -OCH3 is 2. The average Bonchev–Trinajstić information content (AvgIpc) is 3.44. The maximum Gasteiger partial charge on any atom is 0.246 e. The molecule has 2 amide bonds. The van der Waals surface area contributed by atoms with Crippen LogP contribution in [0.3, 0.4) is 0 Å². The minimum Gasteiger partial charge on any atom is -0.493 e. The van der Waals surface area contributed by atoms with Gasteiger partial charge in [-0.1, -0.05) is 75.8 Å². The fourth-order valence-electron chi connectivity index (χ4n) is 3.87. The summed E-state index contributed by atoms with van der Waals surface area (Å²) in [5.41, 5.74) is 2.82. The molecule has 0 saturated heterocycles. The molecular formula is C30H29BrN4O4S. The Bertz CT molecular complexity index is 1460. The van der Waals surface area contributed by atoms with E-state index in [1.54, 1.807) is 25.2 Å². The van der Waals surface area contributed by atoms with E-state index in [-0.39, 0.29) is 24.8 Å². The SMILES string of the molecule is COc1ccc(CCN(CCC(=O)Nc2nnc(-c3ccc(Br)cc3)s2)C(=O)/C=C/c2ccccc2)cc1OC. The van der Waals surface area contributed by atoms with Gasteiger partial charge in [-0.2, -0.15) is 0 Å². The van der Waals surface area contributed by atoms with Gasteiger partial charge >= 0.3 is 0 Å². The number of amides is 2. The van der Waals surface area contributed by atoms with Crippen LogP contribution in [0, 0.1) is 0 Å². The molecule has 1 aromatic heterocycles. The molecule has 0 aliphatic heterocycles. The quantitative estimate of drug-likeness (QED) is 0.192. The Morgan fingerprint density at radius 2 is 1.70 bits per heavy atom. The van der Waals surface area contributed by atoms with Gasteiger partial charge in [-0.25, -0.2) is 0 Å². The van der Waals surface area contributed by atoms with E-state index in [2.05, 4.69) is 31.4 Å². The molecular weight excluding hydrogens is 592 g/mol. The monoisotopic (exact) mass is 620 g/mol. The van der Waals surface area contributed by atoms with Crippen molar-refractivity contribution in [2.75, 3.05) is 32.6 Å². The van der Waals surface area contributed by atoms with Gasteiger partial charge in [0, 0.05) is 35.6 Å². The number of hydrogen-bond donors (Lipinski definition) is 1. The zero-order valence-corrected chi connectivity index (χ0v) is 24.6. The van der Waals surface area contributed by atoms with Crippen molar-refractivity contribution >= 4 is 50.3 Å². The number of nitrogens with one attached hydrogen (secondary N) is 1. The number of aromatic nitrogens is 2. The summed E-state index contributed by atoms with van der Waals surface area (Å²) in [5, 5.41) is 12.2. The van der Waals surface area contributed by atoms with Gasteiger partial charge in [-0.15, -0.1) is 10.2 Å². The molecule has 1 N–H and O–H groups in total. The van der Waals surface area contributed by atoms with Gasteiger partial charge in [0.25, 0.3) is 0 Å². The Hall–Kier alpha value is -4.02. The average molecular weight is 622 g/mol. The zero-order valence-electron chi connectivity index (χ0n) is 22.2. The molecule has 10 heteroatoms. The van der Waals surface area contributed by atoms with E-state index in [0.717, 1.165) is 21.2 Å². The van der Waals surface area contributed by atoms with Gasteiger partial charge in [0.1, 0.15) is 5.01 Å². The second-order valence-corrected chi connectivity index (χ2v) is 10.6. The van der Waals surface area contributed by atoms with E-state index in [0.29, 0.717) is 34.6 Å². The molecule has 0 fully saturated rings. The highest BCUT2D eigenvalue weighted by molar-refractivity contribution is 9.10. The van der Waals surface area contributed by atoms with Crippen molar-refractivity contribution in [3.05, 3.63) is 94.5 Å². The summed E-state index contributed by atoms with van der Waals surface area (Å²) in [5.74, 6) is 0.849. The Balaban J connectivity index is 1.40. The van der Waals surface area contributed by atoms with Crippen LogP contribution < -0.4 is 14.8 Å². The van der Waals surface area contributed by atoms with E-state index in [1.807, 2.05) is 72.8 Å². The van der Waals surface area contributed by atoms with Crippen LogP contribution in [0.1, 0.15) is 17.5 Å². The number of anilines is 1. The van der Waals surface area contributed by atoms with Crippen molar-refractivity contribution in [1.82, 2.24) is 15.1 Å². The van der Waals surface area contributed by atoms with Gasteiger partial charge in [0.2, 0.25) is 16.9 Å². The van der Waals surface area contributed by atoms with Crippen molar-refractivity contribution in [3.8, 4) is 22.1 Å². The number of nitrogens with zero attached hydrogens (tertiary/aromatic N) is 3. The number of benzene rings is 3. The van der Waals surface area contributed by atoms with Gasteiger partial charge in [0.15, 0.2) is 11.5 Å². The van der Waals surface area contributed by atoms with Crippen LogP contribution in [0.25, 0.3) is 16.6 Å². The third kappa shape index (κ3) is 8.24. The minimum atomic E-state index is -0.241. The van der Waals surface area contributed by atoms with Gasteiger partial charge in [-0.05, 0) is 47.9 Å². The molecule has 0 aliphatic carbocycles. The van der Waals surface area contributed by atoms with E-state index < -0.39 is 0 Å². The van der Waals surface area contributed by atoms with Gasteiger partial charge < -0.3 is 19.7 Å². The maximum atomic E-state index is 13.2. The van der Waals surface area contributed by atoms with Crippen LogP contribution in [0.5, 0.6) is 11.5 Å². The lowest BCUT2D eigenvalue weighted by Gasteiger charge is -2.21. The molecule has 0 radical (unpaired) electrons. The fraction of sp³-hybridized carbons (Fsp3) is 0.200. The predicted molar refractivity (Wildman–Crippen MR) is 162 cm³/mol. The summed E-state index contributed by atoms with van der Waals surface area (Å²) >= 11 is 4.72. The standard InChI is InChI=1S/C30H29BrN4O4S/c1-38-25-14-8-22(20-26(25)39-2)16-18-35(28(37)15-9-21-6-4-3-5-7-21)19-17-27(36)32-30-34-33-29(40-30)23-10-12-24(31)13-11-23/h3-15,20H,16-19H2,1-2H3,(H,32,34,36)/b15-9+. The number of rotatable bonds is 12. The van der Waals surface area contributed by atoms with Crippen molar-refractivity contribution in [3.63, 3.8) is 0 Å². The molecule has 0 bridgehead atoms. The number of carbonyl (C=O) groups excluding carboxylic acids is 2. The predicted octanol–water partition coefficient (Wildman–Crippen LogP) is 6.10. The zero-order chi connectivity index (χ0) is 28.3. The summed E-state index contributed by atoms with van der Waals surface area (Å²) in [6.07, 6.45) is 4.01. The molecule has 206 valence electrons. The second kappa shape index (κ2) is 14.4. The number of hydrogen-bond acceptors (Lipinski definition) is 7. The van der Waals surface area contributed by atoms with E-state index in [4.69, 9.17) is 9.47 Å². The summed E-state index contributed by atoms with van der Waals surface area (Å²) in [7, 11) is 3.18. The number of ether oxygens (including phenoxy) is 2. The smallest absolute Gasteiger partial charge is 0.246 e. The highest BCUT2D eigenvalue weighted by Crippen LogP contribution is 2.28. The lowest BCUT2D eigenvalue weighted by atomic mass is 10.1. The first-order valence-corrected chi connectivity index (χ1v) is 14.2. The molecule has 4 rings (SSSR count). The normalized spacial score (nSPS) is 10.9. The molecule has 0 aliphatic rings. The molecule has 0 unspecified atom stereocenters. The third-order valence-corrected chi connectivity index (χ3v) is 7.44. The van der Waals surface area contributed by atoms with Crippen molar-refractivity contribution in [1.29, 1.82) is 0 Å². The molecule has 1 heterocycles. The van der Waals surface area contributed by atoms with Crippen LogP contribution >= 0.6 is 27.3 Å². The molecule has 8 nitrogen and oxygen atoms in total. The Morgan fingerprint density at radius 3 is 2.42 bits per heavy atom. The van der Waals surface area contributed by atoms with E-state index in [9.17, 15) is 9.59 Å². The lowest BCUT2D eigenvalue weighted by Crippen LogP contribution is -2.34. The Morgan fingerprint density at radius 1 is 0.950 bits per heavy atom. The number of carbonyl (C=O) groups is 2. The third-order valence-electron chi connectivity index (χ3n) is 6.02. The molecule has 3 aromatic carbocycles. The maximum absolute atomic E-state index is 13.2. The van der Waals surface area contributed by atoms with Crippen molar-refractivity contribution < 1.29 is 19.1 Å². The highest BCUT2D eigenvalue weighted by Gasteiger charge is 2.16. The van der Waals surface area contributed by atoms with Gasteiger partial charge in [0.05, 0.1) is 14.2 Å². The Kier molecular flexibility index (Phi) is 10.4. The first-order chi connectivity index (χ1) is 19.4. The Labute approximate surface area is 245 Å². The first-order valence-electron chi connectivity index (χ1n) is 12.6. The van der Waals surface area contributed by atoms with Crippen LogP contribution in [0.15, 0.2) is 83.3 Å². The summed E-state index contributed by atoms with van der Waals surface area (Å²) < 4.78 is 11.7. The van der Waals surface area contributed by atoms with Crippen molar-refractivity contribution in [2.24, 2.45) is 0 Å². The van der Waals surface area contributed by atoms with Crippen LogP contribution in [-0.2, 0) is 16.0 Å². The van der Waals surface area contributed by atoms with E-state index >= 15 is 0 Å².